The molecule has 29 heavy (non-hydrogen) atoms. The van der Waals surface area contributed by atoms with Crippen LogP contribution in [0.25, 0.3) is 0 Å². The van der Waals surface area contributed by atoms with E-state index in [0.29, 0.717) is 36.5 Å². The molecular formula is C21H24N2O5S. The molecule has 0 bridgehead atoms. The number of carbonyl (C=O) groups excluding carboxylic acids is 2. The van der Waals surface area contributed by atoms with Gasteiger partial charge in [0, 0.05) is 11.3 Å². The van der Waals surface area contributed by atoms with Gasteiger partial charge in [0.2, 0.25) is 5.91 Å². The summed E-state index contributed by atoms with van der Waals surface area (Å²) in [4.78, 5) is 38.7. The molecule has 1 saturated carbocycles. The number of aliphatic carboxylic acids is 1. The van der Waals surface area contributed by atoms with Gasteiger partial charge in [0.1, 0.15) is 22.9 Å². The number of nitrogens with one attached hydrogen (secondary N) is 1. The van der Waals surface area contributed by atoms with Gasteiger partial charge in [-0.25, -0.2) is 4.79 Å². The van der Waals surface area contributed by atoms with Crippen LogP contribution in [-0.2, 0) is 19.8 Å². The lowest BCUT2D eigenvalue weighted by Crippen LogP contribution is -2.71. The fourth-order valence-corrected chi connectivity index (χ4v) is 5.29. The average Bonchev–Trinajstić information content (AvgIpc) is 3.52. The first-order chi connectivity index (χ1) is 13.9. The number of nitrogens with zero attached hydrogens (tertiary/aromatic N) is 1. The smallest absolute Gasteiger partial charge is 0.352 e. The third-order valence-corrected chi connectivity index (χ3v) is 7.12. The highest BCUT2D eigenvalue weighted by molar-refractivity contribution is 8.00. The molecule has 0 unspecified atom stereocenters. The van der Waals surface area contributed by atoms with Crippen molar-refractivity contribution in [1.29, 1.82) is 0 Å². The molecule has 7 nitrogen and oxygen atoms in total. The number of benzene rings is 1. The lowest BCUT2D eigenvalue weighted by molar-refractivity contribution is -0.151. The normalized spacial score (nSPS) is 24.5. The maximum atomic E-state index is 13.2. The van der Waals surface area contributed by atoms with Crippen molar-refractivity contribution in [3.8, 4) is 5.75 Å². The van der Waals surface area contributed by atoms with E-state index in [9.17, 15) is 19.5 Å². The predicted octanol–water partition coefficient (Wildman–Crippen LogP) is 2.27. The molecule has 2 heterocycles. The Morgan fingerprint density at radius 2 is 2.07 bits per heavy atom. The fourth-order valence-electron chi connectivity index (χ4n) is 4.00. The topological polar surface area (TPSA) is 95.9 Å². The van der Waals surface area contributed by atoms with Crippen LogP contribution in [0, 0.1) is 0 Å². The van der Waals surface area contributed by atoms with Crippen LogP contribution in [0.4, 0.5) is 0 Å². The number of hydrogen-bond acceptors (Lipinski definition) is 5. The lowest BCUT2D eigenvalue weighted by Gasteiger charge is -2.49. The van der Waals surface area contributed by atoms with E-state index in [1.54, 1.807) is 6.92 Å². The number of hydrogen-bond donors (Lipinski definition) is 2. The van der Waals surface area contributed by atoms with Crippen molar-refractivity contribution >= 4 is 29.5 Å². The van der Waals surface area contributed by atoms with Crippen LogP contribution in [0.3, 0.4) is 0 Å². The number of thioether (sulfide) groups is 1. The molecule has 4 rings (SSSR count). The van der Waals surface area contributed by atoms with Gasteiger partial charge in [-0.1, -0.05) is 25.1 Å². The highest BCUT2D eigenvalue weighted by Crippen LogP contribution is 2.52. The first kappa shape index (κ1) is 19.8. The molecule has 2 atom stereocenters. The third kappa shape index (κ3) is 3.19. The van der Waals surface area contributed by atoms with Crippen LogP contribution in [0.5, 0.6) is 5.75 Å². The van der Waals surface area contributed by atoms with Gasteiger partial charge in [-0.15, -0.1) is 11.8 Å². The van der Waals surface area contributed by atoms with Gasteiger partial charge >= 0.3 is 5.97 Å². The van der Waals surface area contributed by atoms with Gasteiger partial charge in [-0.2, -0.15) is 0 Å². The van der Waals surface area contributed by atoms with E-state index in [-0.39, 0.29) is 22.9 Å². The first-order valence-electron chi connectivity index (χ1n) is 9.81. The maximum Gasteiger partial charge on any atom is 0.352 e. The second-order valence-electron chi connectivity index (χ2n) is 7.72. The number of β-lactam (4-membered cyclic amide) rings is 1. The van der Waals surface area contributed by atoms with Crippen LogP contribution in [-0.4, -0.2) is 51.6 Å². The summed E-state index contributed by atoms with van der Waals surface area (Å²) in [7, 11) is 0. The van der Waals surface area contributed by atoms with Gasteiger partial charge < -0.3 is 15.2 Å². The summed E-state index contributed by atoms with van der Waals surface area (Å²) in [6.07, 6.45) is 2.28. The number of rotatable bonds is 7. The Kier molecular flexibility index (Phi) is 5.06. The third-order valence-electron chi connectivity index (χ3n) is 5.70. The van der Waals surface area contributed by atoms with Gasteiger partial charge in [0.15, 0.2) is 0 Å². The summed E-state index contributed by atoms with van der Waals surface area (Å²) >= 11 is 1.48. The van der Waals surface area contributed by atoms with E-state index in [2.05, 4.69) is 5.32 Å². The number of para-hydroxylation sites is 1. The standard InChI is InChI=1S/C21H24N2O5S/c1-3-10-28-14-7-5-4-6-13(14)21(8-9-21)20(27)22-15-17(24)23-16(19(25)26)12(2)11-29-18(15)23/h4-7,15,18H,3,8-11H2,1-2H3,(H,22,27)(H,25,26)/t15-,18+/m0/s1. The van der Waals surface area contributed by atoms with Crippen molar-refractivity contribution in [2.75, 3.05) is 12.4 Å². The minimum atomic E-state index is -1.11. The molecule has 154 valence electrons. The monoisotopic (exact) mass is 416 g/mol. The van der Waals surface area contributed by atoms with Crippen molar-refractivity contribution in [2.45, 2.75) is 49.9 Å². The molecule has 0 radical (unpaired) electrons. The molecule has 0 aromatic heterocycles. The summed E-state index contributed by atoms with van der Waals surface area (Å²) in [5.74, 6) is -0.416. The number of amides is 2. The quantitative estimate of drug-likeness (QED) is 0.662. The second kappa shape index (κ2) is 7.40. The Hall–Kier alpha value is -2.48. The second-order valence-corrected chi connectivity index (χ2v) is 8.83. The Morgan fingerprint density at radius 1 is 1.34 bits per heavy atom. The van der Waals surface area contributed by atoms with Crippen LogP contribution in [0.1, 0.15) is 38.7 Å². The number of carbonyl (C=O) groups is 3. The Labute approximate surface area is 173 Å². The van der Waals surface area contributed by atoms with E-state index in [4.69, 9.17) is 4.74 Å². The summed E-state index contributed by atoms with van der Waals surface area (Å²) in [6, 6.07) is 6.86. The molecular weight excluding hydrogens is 392 g/mol. The fraction of sp³-hybridized carbons (Fsp3) is 0.476. The minimum Gasteiger partial charge on any atom is -0.493 e. The molecule has 1 aromatic carbocycles. The molecule has 1 saturated heterocycles. The largest absolute Gasteiger partial charge is 0.493 e. The number of carboxylic acid groups (broad SMARTS) is 1. The molecule has 2 amide bonds. The average molecular weight is 416 g/mol. The van der Waals surface area contributed by atoms with Gasteiger partial charge in [-0.05, 0) is 37.8 Å². The van der Waals surface area contributed by atoms with E-state index >= 15 is 0 Å². The van der Waals surface area contributed by atoms with E-state index < -0.39 is 17.4 Å². The zero-order valence-corrected chi connectivity index (χ0v) is 17.3. The van der Waals surface area contributed by atoms with E-state index in [1.807, 2.05) is 31.2 Å². The zero-order chi connectivity index (χ0) is 20.8. The van der Waals surface area contributed by atoms with Crippen LogP contribution in [0.2, 0.25) is 0 Å². The van der Waals surface area contributed by atoms with E-state index in [0.717, 1.165) is 12.0 Å². The molecule has 2 fully saturated rings. The Bertz CT molecular complexity index is 908. The molecule has 3 aliphatic rings. The van der Waals surface area contributed by atoms with Crippen LogP contribution < -0.4 is 10.1 Å². The van der Waals surface area contributed by atoms with Gasteiger partial charge in [0.25, 0.3) is 5.91 Å². The molecule has 2 N–H and O–H groups in total. The number of carboxylic acids is 1. The predicted molar refractivity (Wildman–Crippen MR) is 108 cm³/mol. The van der Waals surface area contributed by atoms with Crippen LogP contribution in [0.15, 0.2) is 35.5 Å². The van der Waals surface area contributed by atoms with Crippen molar-refractivity contribution in [2.24, 2.45) is 0 Å². The summed E-state index contributed by atoms with van der Waals surface area (Å²) < 4.78 is 5.84. The summed E-state index contributed by atoms with van der Waals surface area (Å²) in [5, 5.41) is 12.0. The summed E-state index contributed by atoms with van der Waals surface area (Å²) in [5.41, 5.74) is 0.889. The van der Waals surface area contributed by atoms with Crippen molar-refractivity contribution in [3.05, 3.63) is 41.1 Å². The minimum absolute atomic E-state index is 0.0451. The molecule has 2 aliphatic heterocycles. The molecule has 8 heteroatoms. The Morgan fingerprint density at radius 3 is 2.72 bits per heavy atom. The Balaban J connectivity index is 1.52. The molecule has 1 aromatic rings. The first-order valence-corrected chi connectivity index (χ1v) is 10.9. The van der Waals surface area contributed by atoms with Crippen molar-refractivity contribution < 1.29 is 24.2 Å². The van der Waals surface area contributed by atoms with Crippen molar-refractivity contribution in [1.82, 2.24) is 10.2 Å². The van der Waals surface area contributed by atoms with Crippen LogP contribution >= 0.6 is 11.8 Å². The number of fused-ring (bicyclic) bond motifs is 1. The number of ether oxygens (including phenoxy) is 1. The molecule has 0 spiro atoms. The maximum absolute atomic E-state index is 13.2. The van der Waals surface area contributed by atoms with Gasteiger partial charge in [0.05, 0.1) is 12.0 Å². The van der Waals surface area contributed by atoms with Crippen molar-refractivity contribution in [3.63, 3.8) is 0 Å². The SMILES string of the molecule is CCCOc1ccccc1C1(C(=O)N[C@H]2C(=O)N3C(C(=O)O)=C(C)CS[C@H]23)CC1. The lowest BCUT2D eigenvalue weighted by atomic mass is 9.92. The van der Waals surface area contributed by atoms with Gasteiger partial charge in [-0.3, -0.25) is 14.5 Å². The van der Waals surface area contributed by atoms with E-state index in [1.165, 1.54) is 16.7 Å². The molecule has 1 aliphatic carbocycles. The summed E-state index contributed by atoms with van der Waals surface area (Å²) in [6.45, 7) is 4.32. The highest BCUT2D eigenvalue weighted by Gasteiger charge is 2.58. The zero-order valence-electron chi connectivity index (χ0n) is 16.4. The highest BCUT2D eigenvalue weighted by atomic mass is 32.2.